The molecule has 2 aliphatic rings. The number of fused-ring (bicyclic) bond motifs is 1. The fraction of sp³-hybridized carbons (Fsp3) is 0.391. The van der Waals surface area contributed by atoms with Gasteiger partial charge in [0, 0.05) is 16.6 Å². The van der Waals surface area contributed by atoms with E-state index in [0.717, 1.165) is 12.8 Å². The van der Waals surface area contributed by atoms with Crippen LogP contribution in [-0.2, 0) is 14.8 Å². The third kappa shape index (κ3) is 4.77. The minimum absolute atomic E-state index is 0.0931. The van der Waals surface area contributed by atoms with Crippen LogP contribution >= 0.6 is 11.6 Å². The Labute approximate surface area is 188 Å². The van der Waals surface area contributed by atoms with Gasteiger partial charge in [0.1, 0.15) is 11.9 Å². The van der Waals surface area contributed by atoms with Crippen LogP contribution in [-0.4, -0.2) is 32.2 Å². The Kier molecular flexibility index (Phi) is 6.08. The number of carbonyl (C=O) groups is 1. The highest BCUT2D eigenvalue weighted by Gasteiger charge is 2.35. The van der Waals surface area contributed by atoms with Gasteiger partial charge in [-0.1, -0.05) is 49.7 Å². The number of rotatable bonds is 6. The number of amides is 1. The van der Waals surface area contributed by atoms with Crippen molar-refractivity contribution >= 4 is 33.4 Å². The van der Waals surface area contributed by atoms with Crippen molar-refractivity contribution in [3.8, 4) is 0 Å². The minimum Gasteiger partial charge on any atom is -0.351 e. The first-order valence-electron chi connectivity index (χ1n) is 10.5. The average molecular weight is 460 g/mol. The van der Waals surface area contributed by atoms with Gasteiger partial charge in [-0.2, -0.15) is 0 Å². The van der Waals surface area contributed by atoms with E-state index in [1.807, 2.05) is 38.1 Å². The molecule has 2 aromatic rings. The van der Waals surface area contributed by atoms with Gasteiger partial charge in [0.05, 0.1) is 4.90 Å². The molecule has 8 heteroatoms. The van der Waals surface area contributed by atoms with E-state index in [2.05, 4.69) is 15.0 Å². The van der Waals surface area contributed by atoms with Crippen molar-refractivity contribution in [2.75, 3.05) is 0 Å². The summed E-state index contributed by atoms with van der Waals surface area (Å²) in [6.45, 7) is 4.04. The molecule has 31 heavy (non-hydrogen) atoms. The highest BCUT2D eigenvalue weighted by molar-refractivity contribution is 7.90. The van der Waals surface area contributed by atoms with E-state index in [0.29, 0.717) is 22.9 Å². The average Bonchev–Trinajstić information content (AvgIpc) is 2.95. The van der Waals surface area contributed by atoms with E-state index in [9.17, 15) is 13.2 Å². The molecular formula is C23H26ClN3O3S. The molecule has 6 nitrogen and oxygen atoms in total. The highest BCUT2D eigenvalue weighted by atomic mass is 35.5. The van der Waals surface area contributed by atoms with Gasteiger partial charge in [0.15, 0.2) is 0 Å². The van der Waals surface area contributed by atoms with Crippen molar-refractivity contribution in [2.24, 2.45) is 10.9 Å². The maximum absolute atomic E-state index is 13.0. The summed E-state index contributed by atoms with van der Waals surface area (Å²) < 4.78 is 27.2. The van der Waals surface area contributed by atoms with Crippen LogP contribution in [0.25, 0.3) is 0 Å². The van der Waals surface area contributed by atoms with Crippen LogP contribution < -0.4 is 10.0 Å². The molecule has 1 aliphatic heterocycles. The van der Waals surface area contributed by atoms with Gasteiger partial charge >= 0.3 is 0 Å². The molecule has 0 radical (unpaired) electrons. The molecule has 1 heterocycles. The molecule has 1 amide bonds. The molecule has 1 saturated carbocycles. The number of benzene rings is 2. The van der Waals surface area contributed by atoms with Crippen LogP contribution in [0.15, 0.2) is 58.4 Å². The number of nitrogens with zero attached hydrogens (tertiary/aromatic N) is 1. The Bertz CT molecular complexity index is 1110. The largest absolute Gasteiger partial charge is 0.351 e. The van der Waals surface area contributed by atoms with Gasteiger partial charge in [-0.25, -0.2) is 8.42 Å². The Balaban J connectivity index is 1.46. The van der Waals surface area contributed by atoms with Gasteiger partial charge in [-0.15, -0.1) is 0 Å². The second-order valence-electron chi connectivity index (χ2n) is 8.65. The zero-order chi connectivity index (χ0) is 22.2. The third-order valence-corrected chi connectivity index (χ3v) is 7.42. The Morgan fingerprint density at radius 3 is 2.52 bits per heavy atom. The first-order chi connectivity index (χ1) is 14.7. The van der Waals surface area contributed by atoms with Gasteiger partial charge < -0.3 is 5.32 Å². The van der Waals surface area contributed by atoms with Crippen LogP contribution in [0.2, 0.25) is 5.02 Å². The fourth-order valence-corrected chi connectivity index (χ4v) is 5.46. The Morgan fingerprint density at radius 1 is 1.16 bits per heavy atom. The molecule has 1 atom stereocenters. The van der Waals surface area contributed by atoms with E-state index in [1.54, 1.807) is 24.3 Å². The summed E-state index contributed by atoms with van der Waals surface area (Å²) in [6, 6.07) is 14.0. The minimum atomic E-state index is -3.63. The Morgan fingerprint density at radius 2 is 1.84 bits per heavy atom. The summed E-state index contributed by atoms with van der Waals surface area (Å²) in [7, 11) is -3.63. The normalized spacial score (nSPS) is 23.7. The van der Waals surface area contributed by atoms with E-state index in [-0.39, 0.29) is 28.6 Å². The van der Waals surface area contributed by atoms with Gasteiger partial charge in [-0.3, -0.25) is 14.5 Å². The smallest absolute Gasteiger partial charge is 0.263 e. The summed E-state index contributed by atoms with van der Waals surface area (Å²) in [4.78, 5) is 17.8. The highest BCUT2D eigenvalue weighted by Crippen LogP contribution is 2.37. The quantitative estimate of drug-likeness (QED) is 0.687. The summed E-state index contributed by atoms with van der Waals surface area (Å²) in [5.41, 5.74) is 1.74. The lowest BCUT2D eigenvalue weighted by molar-refractivity contribution is -0.124. The topological polar surface area (TPSA) is 87.6 Å². The van der Waals surface area contributed by atoms with Crippen LogP contribution in [0.4, 0.5) is 0 Å². The third-order valence-electron chi connectivity index (χ3n) is 5.77. The zero-order valence-corrected chi connectivity index (χ0v) is 19.1. The molecule has 164 valence electrons. The van der Waals surface area contributed by atoms with Crippen molar-refractivity contribution < 1.29 is 13.2 Å². The number of nitrogens with one attached hydrogen (secondary N) is 2. The zero-order valence-electron chi connectivity index (χ0n) is 17.5. The maximum Gasteiger partial charge on any atom is 0.263 e. The first kappa shape index (κ1) is 21.8. The predicted molar refractivity (Wildman–Crippen MR) is 122 cm³/mol. The first-order valence-corrected chi connectivity index (χ1v) is 12.3. The molecular weight excluding hydrogens is 434 g/mol. The van der Waals surface area contributed by atoms with E-state index < -0.39 is 16.1 Å². The Hall–Kier alpha value is -2.38. The lowest BCUT2D eigenvalue weighted by atomic mass is 9.76. The van der Waals surface area contributed by atoms with Crippen molar-refractivity contribution in [3.63, 3.8) is 0 Å². The summed E-state index contributed by atoms with van der Waals surface area (Å²) in [6.07, 6.45) is 2.27. The number of hydrogen-bond acceptors (Lipinski definition) is 4. The molecule has 1 aliphatic carbocycles. The predicted octanol–water partition coefficient (Wildman–Crippen LogP) is 3.86. The van der Waals surface area contributed by atoms with Crippen LogP contribution in [0.1, 0.15) is 50.2 Å². The van der Waals surface area contributed by atoms with Gasteiger partial charge in [0.25, 0.3) is 10.0 Å². The summed E-state index contributed by atoms with van der Waals surface area (Å²) >= 11 is 5.96. The standard InChI is InChI=1S/C23H26ClN3O3S/c1-14(2)11-20(26-22-19-5-3-4-6-21(19)31(29,30)27-22)23(28)25-18-12-16(13-18)15-7-9-17(24)10-8-15/h3-10,14,16,18,20H,11-13H2,1-2H3,(H,25,28)(H,26,27). The van der Waals surface area contributed by atoms with E-state index in [1.165, 1.54) is 5.56 Å². The van der Waals surface area contributed by atoms with Crippen molar-refractivity contribution in [2.45, 2.75) is 56.0 Å². The number of amidine groups is 1. The molecule has 1 fully saturated rings. The maximum atomic E-state index is 13.0. The molecule has 1 unspecified atom stereocenters. The van der Waals surface area contributed by atoms with E-state index >= 15 is 0 Å². The number of sulfonamides is 1. The van der Waals surface area contributed by atoms with E-state index in [4.69, 9.17) is 11.6 Å². The molecule has 4 rings (SSSR count). The molecule has 0 saturated heterocycles. The monoisotopic (exact) mass is 459 g/mol. The molecule has 0 spiro atoms. The summed E-state index contributed by atoms with van der Waals surface area (Å²) in [5, 5.41) is 3.82. The van der Waals surface area contributed by atoms with Crippen molar-refractivity contribution in [1.29, 1.82) is 0 Å². The SMILES string of the molecule is CC(C)CC(N=C1NS(=O)(=O)c2ccccc21)C(=O)NC1CC(c2ccc(Cl)cc2)C1. The van der Waals surface area contributed by atoms with Crippen LogP contribution in [0.5, 0.6) is 0 Å². The molecule has 0 aromatic heterocycles. The molecule has 2 aromatic carbocycles. The van der Waals surface area contributed by atoms with Gasteiger partial charge in [-0.05, 0) is 60.9 Å². The van der Waals surface area contributed by atoms with Crippen molar-refractivity contribution in [1.82, 2.24) is 10.0 Å². The second kappa shape index (κ2) is 8.63. The lowest BCUT2D eigenvalue weighted by Crippen LogP contribution is -2.47. The fourth-order valence-electron chi connectivity index (χ4n) is 4.09. The van der Waals surface area contributed by atoms with Crippen molar-refractivity contribution in [3.05, 3.63) is 64.7 Å². The molecule has 2 N–H and O–H groups in total. The van der Waals surface area contributed by atoms with Gasteiger partial charge in [0.2, 0.25) is 5.91 Å². The molecule has 0 bridgehead atoms. The number of hydrogen-bond donors (Lipinski definition) is 2. The van der Waals surface area contributed by atoms with Crippen LogP contribution in [0, 0.1) is 5.92 Å². The lowest BCUT2D eigenvalue weighted by Gasteiger charge is -2.37. The number of carbonyl (C=O) groups excluding carboxylic acids is 1. The summed E-state index contributed by atoms with van der Waals surface area (Å²) in [5.74, 6) is 0.718. The number of halogens is 1. The van der Waals surface area contributed by atoms with Crippen LogP contribution in [0.3, 0.4) is 0 Å². The second-order valence-corrected chi connectivity index (χ2v) is 10.7. The number of aliphatic imine (C=N–C) groups is 1.